The smallest absolute Gasteiger partial charge is 0.305 e. The van der Waals surface area contributed by atoms with Crippen LogP contribution in [-0.2, 0) is 16.0 Å². The fourth-order valence-corrected chi connectivity index (χ4v) is 1.78. The van der Waals surface area contributed by atoms with Crippen molar-refractivity contribution in [1.29, 1.82) is 0 Å². The third kappa shape index (κ3) is 5.50. The third-order valence-electron chi connectivity index (χ3n) is 2.75. The summed E-state index contributed by atoms with van der Waals surface area (Å²) in [4.78, 5) is 21.6. The molecule has 0 amide bonds. The van der Waals surface area contributed by atoms with Gasteiger partial charge in [0.05, 0.1) is 11.5 Å². The van der Waals surface area contributed by atoms with Crippen LogP contribution in [0, 0.1) is 10.1 Å². The molecule has 0 saturated heterocycles. The Kier molecular flexibility index (Phi) is 6.57. The van der Waals surface area contributed by atoms with Crippen LogP contribution in [0.4, 0.5) is 5.69 Å². The first-order chi connectivity index (χ1) is 9.15. The number of carbonyl (C=O) groups is 1. The van der Waals surface area contributed by atoms with Gasteiger partial charge in [-0.3, -0.25) is 14.9 Å². The quantitative estimate of drug-likeness (QED) is 0.313. The van der Waals surface area contributed by atoms with Gasteiger partial charge in [-0.15, -0.1) is 0 Å². The summed E-state index contributed by atoms with van der Waals surface area (Å²) in [5.74, 6) is -0.173. The summed E-state index contributed by atoms with van der Waals surface area (Å²) in [7, 11) is 0. The maximum atomic E-state index is 11.1. The Balaban J connectivity index is 2.30. The van der Waals surface area contributed by atoms with Crippen molar-refractivity contribution in [2.24, 2.45) is 0 Å². The first kappa shape index (κ1) is 15.1. The average Bonchev–Trinajstić information content (AvgIpc) is 2.39. The Morgan fingerprint density at radius 1 is 1.32 bits per heavy atom. The first-order valence-corrected chi connectivity index (χ1v) is 6.53. The number of benzene rings is 1. The fourth-order valence-electron chi connectivity index (χ4n) is 1.78. The molecule has 0 aliphatic heterocycles. The van der Waals surface area contributed by atoms with Gasteiger partial charge < -0.3 is 4.74 Å². The molecule has 0 spiro atoms. The van der Waals surface area contributed by atoms with E-state index in [1.165, 1.54) is 6.07 Å². The summed E-state index contributed by atoms with van der Waals surface area (Å²) in [5.41, 5.74) is 0.887. The molecule has 0 aromatic heterocycles. The van der Waals surface area contributed by atoms with Crippen molar-refractivity contribution in [3.63, 3.8) is 0 Å². The molecule has 104 valence electrons. The zero-order valence-corrected chi connectivity index (χ0v) is 11.1. The molecular formula is C14H19NO4. The number of nitro groups is 1. The van der Waals surface area contributed by atoms with Gasteiger partial charge in [-0.05, 0) is 25.7 Å². The topological polar surface area (TPSA) is 69.4 Å². The van der Waals surface area contributed by atoms with E-state index in [0.29, 0.717) is 19.4 Å². The Hall–Kier alpha value is -1.91. The molecule has 1 aromatic rings. The summed E-state index contributed by atoms with van der Waals surface area (Å²) in [5, 5.41) is 10.8. The van der Waals surface area contributed by atoms with Gasteiger partial charge in [0.2, 0.25) is 0 Å². The van der Waals surface area contributed by atoms with E-state index >= 15 is 0 Å². The van der Waals surface area contributed by atoms with Crippen molar-refractivity contribution >= 4 is 11.7 Å². The van der Waals surface area contributed by atoms with Crippen LogP contribution in [0.2, 0.25) is 0 Å². The lowest BCUT2D eigenvalue weighted by Crippen LogP contribution is -2.05. The maximum absolute atomic E-state index is 11.1. The lowest BCUT2D eigenvalue weighted by molar-refractivity contribution is -0.385. The van der Waals surface area contributed by atoms with E-state index in [1.807, 2.05) is 6.92 Å². The fraction of sp³-hybridized carbons (Fsp3) is 0.500. The summed E-state index contributed by atoms with van der Waals surface area (Å²) >= 11 is 0. The SMILES string of the molecule is CCCC(=O)OCCCCc1ccccc1[N+](=O)[O-]. The Bertz CT molecular complexity index is 431. The minimum absolute atomic E-state index is 0.158. The molecular weight excluding hydrogens is 246 g/mol. The zero-order valence-electron chi connectivity index (χ0n) is 11.1. The van der Waals surface area contributed by atoms with E-state index in [1.54, 1.807) is 18.2 Å². The van der Waals surface area contributed by atoms with Crippen LogP contribution >= 0.6 is 0 Å². The minimum atomic E-state index is -0.364. The van der Waals surface area contributed by atoms with Gasteiger partial charge in [0, 0.05) is 18.1 Å². The summed E-state index contributed by atoms with van der Waals surface area (Å²) < 4.78 is 5.03. The molecule has 0 atom stereocenters. The molecule has 0 aliphatic rings. The van der Waals surface area contributed by atoms with Gasteiger partial charge in [0.15, 0.2) is 0 Å². The highest BCUT2D eigenvalue weighted by Crippen LogP contribution is 2.19. The monoisotopic (exact) mass is 265 g/mol. The normalized spacial score (nSPS) is 10.2. The van der Waals surface area contributed by atoms with Crippen molar-refractivity contribution in [3.8, 4) is 0 Å². The first-order valence-electron chi connectivity index (χ1n) is 6.53. The molecule has 0 unspecified atom stereocenters. The van der Waals surface area contributed by atoms with Crippen LogP contribution in [0.5, 0.6) is 0 Å². The van der Waals surface area contributed by atoms with Crippen LogP contribution in [0.1, 0.15) is 38.2 Å². The standard InChI is InChI=1S/C14H19NO4/c1-2-7-14(16)19-11-6-5-9-12-8-3-4-10-13(12)15(17)18/h3-4,8,10H,2,5-7,9,11H2,1H3. The van der Waals surface area contributed by atoms with E-state index in [9.17, 15) is 14.9 Å². The molecule has 0 bridgehead atoms. The molecule has 1 rings (SSSR count). The molecule has 0 heterocycles. The van der Waals surface area contributed by atoms with Crippen molar-refractivity contribution in [2.45, 2.75) is 39.0 Å². The van der Waals surface area contributed by atoms with Crippen LogP contribution in [0.3, 0.4) is 0 Å². The minimum Gasteiger partial charge on any atom is -0.466 e. The van der Waals surface area contributed by atoms with Crippen molar-refractivity contribution < 1.29 is 14.5 Å². The second kappa shape index (κ2) is 8.24. The van der Waals surface area contributed by atoms with Gasteiger partial charge >= 0.3 is 5.97 Å². The van der Waals surface area contributed by atoms with Crippen LogP contribution in [0.15, 0.2) is 24.3 Å². The van der Waals surface area contributed by atoms with Crippen molar-refractivity contribution in [1.82, 2.24) is 0 Å². The van der Waals surface area contributed by atoms with E-state index in [4.69, 9.17) is 4.74 Å². The molecule has 0 fully saturated rings. The largest absolute Gasteiger partial charge is 0.466 e. The summed E-state index contributed by atoms with van der Waals surface area (Å²) in [6.07, 6.45) is 3.35. The van der Waals surface area contributed by atoms with Gasteiger partial charge in [0.25, 0.3) is 5.69 Å². The highest BCUT2D eigenvalue weighted by Gasteiger charge is 2.11. The number of carbonyl (C=O) groups excluding carboxylic acids is 1. The Labute approximate surface area is 112 Å². The molecule has 0 saturated carbocycles. The highest BCUT2D eigenvalue weighted by molar-refractivity contribution is 5.69. The van der Waals surface area contributed by atoms with Gasteiger partial charge in [0.1, 0.15) is 0 Å². The number of rotatable bonds is 8. The van der Waals surface area contributed by atoms with E-state index < -0.39 is 0 Å². The predicted octanol–water partition coefficient (Wildman–Crippen LogP) is 3.26. The molecule has 1 aromatic carbocycles. The summed E-state index contributed by atoms with van der Waals surface area (Å²) in [6.45, 7) is 2.31. The Morgan fingerprint density at radius 2 is 2.05 bits per heavy atom. The van der Waals surface area contributed by atoms with E-state index in [-0.39, 0.29) is 16.6 Å². The number of unbranched alkanes of at least 4 members (excludes halogenated alkanes) is 1. The lowest BCUT2D eigenvalue weighted by Gasteiger charge is -2.04. The number of hydrogen-bond donors (Lipinski definition) is 0. The van der Waals surface area contributed by atoms with Gasteiger partial charge in [-0.25, -0.2) is 0 Å². The lowest BCUT2D eigenvalue weighted by atomic mass is 10.1. The molecule has 0 radical (unpaired) electrons. The predicted molar refractivity (Wildman–Crippen MR) is 71.9 cm³/mol. The van der Waals surface area contributed by atoms with E-state index in [2.05, 4.69) is 0 Å². The average molecular weight is 265 g/mol. The van der Waals surface area contributed by atoms with Crippen LogP contribution in [-0.4, -0.2) is 17.5 Å². The second-order valence-electron chi connectivity index (χ2n) is 4.31. The number of esters is 1. The van der Waals surface area contributed by atoms with Crippen LogP contribution < -0.4 is 0 Å². The maximum Gasteiger partial charge on any atom is 0.305 e. The van der Waals surface area contributed by atoms with Gasteiger partial charge in [-0.1, -0.05) is 25.1 Å². The summed E-state index contributed by atoms with van der Waals surface area (Å²) in [6, 6.07) is 6.73. The van der Waals surface area contributed by atoms with Crippen molar-refractivity contribution in [2.75, 3.05) is 6.61 Å². The molecule has 0 aliphatic carbocycles. The number of hydrogen-bond acceptors (Lipinski definition) is 4. The number of para-hydroxylation sites is 1. The second-order valence-corrected chi connectivity index (χ2v) is 4.31. The molecule has 0 N–H and O–H groups in total. The number of ether oxygens (including phenoxy) is 1. The van der Waals surface area contributed by atoms with E-state index in [0.717, 1.165) is 24.8 Å². The molecule has 19 heavy (non-hydrogen) atoms. The van der Waals surface area contributed by atoms with Gasteiger partial charge in [-0.2, -0.15) is 0 Å². The molecule has 5 nitrogen and oxygen atoms in total. The molecule has 5 heteroatoms. The zero-order chi connectivity index (χ0) is 14.1. The third-order valence-corrected chi connectivity index (χ3v) is 2.75. The highest BCUT2D eigenvalue weighted by atomic mass is 16.6. The number of nitrogens with zero attached hydrogens (tertiary/aromatic N) is 1. The van der Waals surface area contributed by atoms with Crippen LogP contribution in [0.25, 0.3) is 0 Å². The van der Waals surface area contributed by atoms with Crippen molar-refractivity contribution in [3.05, 3.63) is 39.9 Å². The number of aryl methyl sites for hydroxylation is 1. The Morgan fingerprint density at radius 3 is 2.74 bits per heavy atom. The number of nitro benzene ring substituents is 1.